The van der Waals surface area contributed by atoms with Gasteiger partial charge in [-0.2, -0.15) is 0 Å². The molecule has 1 fully saturated rings. The van der Waals surface area contributed by atoms with Crippen molar-refractivity contribution in [1.29, 1.82) is 0 Å². The van der Waals surface area contributed by atoms with Gasteiger partial charge in [-0.1, -0.05) is 42.1 Å². The zero-order valence-corrected chi connectivity index (χ0v) is 15.8. The minimum absolute atomic E-state index is 0.0170. The van der Waals surface area contributed by atoms with Gasteiger partial charge in [0.05, 0.1) is 6.10 Å². The first-order valence-electron chi connectivity index (χ1n) is 8.67. The molecule has 1 saturated carbocycles. The van der Waals surface area contributed by atoms with Crippen molar-refractivity contribution in [2.45, 2.75) is 57.0 Å². The zero-order valence-electron chi connectivity index (χ0n) is 15.0. The van der Waals surface area contributed by atoms with E-state index in [1.807, 2.05) is 39.0 Å². The van der Waals surface area contributed by atoms with Crippen LogP contribution in [0.1, 0.15) is 50.4 Å². The normalized spacial score (nSPS) is 23.3. The van der Waals surface area contributed by atoms with Gasteiger partial charge in [-0.25, -0.2) is 4.79 Å². The number of carbonyl (C=O) groups excluding carboxylic acids is 2. The van der Waals surface area contributed by atoms with Crippen LogP contribution in [0.15, 0.2) is 30.3 Å². The molecule has 0 spiro atoms. The molecule has 1 aliphatic carbocycles. The van der Waals surface area contributed by atoms with E-state index in [0.717, 1.165) is 12.8 Å². The molecule has 0 bridgehead atoms. The van der Waals surface area contributed by atoms with Crippen molar-refractivity contribution in [2.75, 3.05) is 6.54 Å². The SMILES string of the molecule is CC(C)(C)OC(=O)NCC[C@H]1CC[C@@H](O)[C@@H]1SC(=O)c1ccccc1. The molecule has 0 radical (unpaired) electrons. The van der Waals surface area contributed by atoms with Crippen LogP contribution in [0.4, 0.5) is 4.79 Å². The number of hydrogen-bond donors (Lipinski definition) is 2. The first kappa shape index (κ1) is 19.8. The van der Waals surface area contributed by atoms with Gasteiger partial charge < -0.3 is 15.2 Å². The highest BCUT2D eigenvalue weighted by molar-refractivity contribution is 8.14. The lowest BCUT2D eigenvalue weighted by molar-refractivity contribution is 0.0525. The number of rotatable bonds is 5. The molecule has 2 rings (SSSR count). The molecule has 3 atom stereocenters. The fraction of sp³-hybridized carbons (Fsp3) is 0.579. The van der Waals surface area contributed by atoms with E-state index in [9.17, 15) is 14.7 Å². The van der Waals surface area contributed by atoms with Gasteiger partial charge in [0.15, 0.2) is 0 Å². The second-order valence-electron chi connectivity index (χ2n) is 7.36. The van der Waals surface area contributed by atoms with E-state index in [2.05, 4.69) is 5.32 Å². The minimum atomic E-state index is -0.520. The van der Waals surface area contributed by atoms with Crippen molar-refractivity contribution < 1.29 is 19.4 Å². The largest absolute Gasteiger partial charge is 0.444 e. The highest BCUT2D eigenvalue weighted by Crippen LogP contribution is 2.38. The Labute approximate surface area is 153 Å². The van der Waals surface area contributed by atoms with E-state index in [1.165, 1.54) is 11.8 Å². The van der Waals surface area contributed by atoms with Gasteiger partial charge >= 0.3 is 6.09 Å². The molecule has 5 nitrogen and oxygen atoms in total. The molecule has 1 aliphatic rings. The first-order chi connectivity index (χ1) is 11.8. The molecule has 1 aromatic rings. The summed E-state index contributed by atoms with van der Waals surface area (Å²) in [7, 11) is 0. The Morgan fingerprint density at radius 2 is 1.92 bits per heavy atom. The summed E-state index contributed by atoms with van der Waals surface area (Å²) in [6.07, 6.45) is 1.35. The molecule has 138 valence electrons. The number of amides is 1. The number of benzene rings is 1. The summed E-state index contributed by atoms with van der Waals surface area (Å²) in [5.41, 5.74) is 0.130. The van der Waals surface area contributed by atoms with E-state index >= 15 is 0 Å². The van der Waals surface area contributed by atoms with Gasteiger partial charge in [0.1, 0.15) is 5.60 Å². The standard InChI is InChI=1S/C19H27NO4S/c1-19(2,3)24-18(23)20-12-11-13-9-10-15(21)16(13)25-17(22)14-7-5-4-6-8-14/h4-8,13,15-16,21H,9-12H2,1-3H3,(H,20,23)/t13-,15-,16-/m1/s1. The number of carbonyl (C=O) groups is 2. The molecule has 1 amide bonds. The zero-order chi connectivity index (χ0) is 18.4. The van der Waals surface area contributed by atoms with Crippen LogP contribution in [-0.4, -0.2) is 39.8 Å². The summed E-state index contributed by atoms with van der Waals surface area (Å²) >= 11 is 1.21. The molecule has 0 unspecified atom stereocenters. The summed E-state index contributed by atoms with van der Waals surface area (Å²) in [5.74, 6) is 0.197. The van der Waals surface area contributed by atoms with E-state index in [1.54, 1.807) is 12.1 Å². The molecule has 2 N–H and O–H groups in total. The van der Waals surface area contributed by atoms with Crippen molar-refractivity contribution in [1.82, 2.24) is 5.32 Å². The molecule has 0 aromatic heterocycles. The maximum atomic E-state index is 12.4. The predicted molar refractivity (Wildman–Crippen MR) is 99.7 cm³/mol. The van der Waals surface area contributed by atoms with E-state index in [-0.39, 0.29) is 16.3 Å². The number of aliphatic hydroxyl groups is 1. The Balaban J connectivity index is 1.84. The number of alkyl carbamates (subject to hydrolysis) is 1. The van der Waals surface area contributed by atoms with Crippen LogP contribution in [0.2, 0.25) is 0 Å². The van der Waals surface area contributed by atoms with Crippen molar-refractivity contribution in [3.63, 3.8) is 0 Å². The van der Waals surface area contributed by atoms with Gasteiger partial charge in [0.2, 0.25) is 5.12 Å². The molecule has 0 aliphatic heterocycles. The van der Waals surface area contributed by atoms with Gasteiger partial charge in [-0.3, -0.25) is 4.79 Å². The maximum Gasteiger partial charge on any atom is 0.407 e. The Morgan fingerprint density at radius 1 is 1.24 bits per heavy atom. The van der Waals surface area contributed by atoms with Crippen LogP contribution >= 0.6 is 11.8 Å². The summed E-state index contributed by atoms with van der Waals surface area (Å²) in [6, 6.07) is 9.12. The highest BCUT2D eigenvalue weighted by atomic mass is 32.2. The van der Waals surface area contributed by atoms with Gasteiger partial charge in [0.25, 0.3) is 0 Å². The lowest BCUT2D eigenvalue weighted by Crippen LogP contribution is -2.34. The molecule has 25 heavy (non-hydrogen) atoms. The highest BCUT2D eigenvalue weighted by Gasteiger charge is 2.37. The monoisotopic (exact) mass is 365 g/mol. The van der Waals surface area contributed by atoms with Gasteiger partial charge in [0, 0.05) is 17.4 Å². The second kappa shape index (κ2) is 8.72. The van der Waals surface area contributed by atoms with Crippen molar-refractivity contribution in [3.05, 3.63) is 35.9 Å². The third-order valence-electron chi connectivity index (χ3n) is 4.11. The number of aliphatic hydroxyl groups excluding tert-OH is 1. The van der Waals surface area contributed by atoms with E-state index in [4.69, 9.17) is 4.74 Å². The minimum Gasteiger partial charge on any atom is -0.444 e. The fourth-order valence-corrected chi connectivity index (χ4v) is 4.23. The van der Waals surface area contributed by atoms with Crippen LogP contribution in [-0.2, 0) is 4.74 Å². The molecular formula is C19H27NO4S. The van der Waals surface area contributed by atoms with E-state index in [0.29, 0.717) is 18.5 Å². The van der Waals surface area contributed by atoms with Crippen LogP contribution < -0.4 is 5.32 Å². The Bertz CT molecular complexity index is 585. The average molecular weight is 365 g/mol. The lowest BCUT2D eigenvalue weighted by atomic mass is 10.0. The molecule has 6 heteroatoms. The third kappa shape index (κ3) is 6.36. The number of nitrogens with one attached hydrogen (secondary N) is 1. The van der Waals surface area contributed by atoms with Crippen molar-refractivity contribution in [2.24, 2.45) is 5.92 Å². The molecule has 0 saturated heterocycles. The summed E-state index contributed by atoms with van der Waals surface area (Å²) in [4.78, 5) is 24.1. The summed E-state index contributed by atoms with van der Waals surface area (Å²) in [5, 5.41) is 12.8. The molecular weight excluding hydrogens is 338 g/mol. The van der Waals surface area contributed by atoms with Crippen molar-refractivity contribution in [3.8, 4) is 0 Å². The Kier molecular flexibility index (Phi) is 6.90. The van der Waals surface area contributed by atoms with Gasteiger partial charge in [-0.05, 0) is 46.0 Å². The fourth-order valence-electron chi connectivity index (χ4n) is 2.95. The quantitative estimate of drug-likeness (QED) is 0.834. The third-order valence-corrected chi connectivity index (χ3v) is 5.53. The van der Waals surface area contributed by atoms with Gasteiger partial charge in [-0.15, -0.1) is 0 Å². The Hall–Kier alpha value is -1.53. The predicted octanol–water partition coefficient (Wildman–Crippen LogP) is 3.61. The van der Waals surface area contributed by atoms with E-state index < -0.39 is 17.8 Å². The number of hydrogen-bond acceptors (Lipinski definition) is 5. The summed E-state index contributed by atoms with van der Waals surface area (Å²) in [6.45, 7) is 5.94. The smallest absolute Gasteiger partial charge is 0.407 e. The van der Waals surface area contributed by atoms with Crippen LogP contribution in [0.5, 0.6) is 0 Å². The Morgan fingerprint density at radius 3 is 2.56 bits per heavy atom. The molecule has 1 aromatic carbocycles. The van der Waals surface area contributed by atoms with Crippen LogP contribution in [0.25, 0.3) is 0 Å². The van der Waals surface area contributed by atoms with Crippen LogP contribution in [0.3, 0.4) is 0 Å². The number of ether oxygens (including phenoxy) is 1. The molecule has 0 heterocycles. The lowest BCUT2D eigenvalue weighted by Gasteiger charge is -2.22. The first-order valence-corrected chi connectivity index (χ1v) is 9.55. The maximum absolute atomic E-state index is 12.4. The topological polar surface area (TPSA) is 75.6 Å². The average Bonchev–Trinajstić information content (AvgIpc) is 2.87. The van der Waals surface area contributed by atoms with Crippen LogP contribution in [0, 0.1) is 5.92 Å². The number of thioether (sulfide) groups is 1. The second-order valence-corrected chi connectivity index (χ2v) is 8.51. The van der Waals surface area contributed by atoms with Crippen molar-refractivity contribution >= 4 is 23.0 Å². The summed E-state index contributed by atoms with van der Waals surface area (Å²) < 4.78 is 5.21.